The lowest BCUT2D eigenvalue weighted by Crippen LogP contribution is -2.45. The number of nitrogens with one attached hydrogen (secondary N) is 2. The molecule has 6 nitrogen and oxygen atoms in total. The molecule has 1 aromatic rings. The van der Waals surface area contributed by atoms with E-state index in [1.165, 1.54) is 0 Å². The fourth-order valence-corrected chi connectivity index (χ4v) is 3.06. The molecule has 0 saturated heterocycles. The Kier molecular flexibility index (Phi) is 4.58. The minimum absolute atomic E-state index is 0.0595. The zero-order chi connectivity index (χ0) is 16.4. The van der Waals surface area contributed by atoms with Gasteiger partial charge in [0.25, 0.3) is 0 Å². The Morgan fingerprint density at radius 1 is 1.32 bits per heavy atom. The number of rotatable bonds is 4. The van der Waals surface area contributed by atoms with Crippen LogP contribution in [0.25, 0.3) is 0 Å². The van der Waals surface area contributed by atoms with Gasteiger partial charge in [0.15, 0.2) is 0 Å². The van der Waals surface area contributed by atoms with Crippen LogP contribution < -0.4 is 10.6 Å². The molecule has 0 aromatic carbocycles. The van der Waals surface area contributed by atoms with Crippen LogP contribution in [-0.4, -0.2) is 27.1 Å². The highest BCUT2D eigenvalue weighted by molar-refractivity contribution is 5.98. The quantitative estimate of drug-likeness (QED) is 0.895. The van der Waals surface area contributed by atoms with Crippen molar-refractivity contribution >= 4 is 17.5 Å². The first-order valence-corrected chi connectivity index (χ1v) is 7.81. The van der Waals surface area contributed by atoms with Crippen molar-refractivity contribution < 1.29 is 9.59 Å². The molecule has 0 aliphatic heterocycles. The zero-order valence-corrected chi connectivity index (χ0v) is 13.9. The predicted molar refractivity (Wildman–Crippen MR) is 85.3 cm³/mol. The highest BCUT2D eigenvalue weighted by Crippen LogP contribution is 2.42. The molecule has 0 radical (unpaired) electrons. The van der Waals surface area contributed by atoms with Crippen LogP contribution in [0.4, 0.5) is 5.69 Å². The number of nitrogens with zero attached hydrogens (tertiary/aromatic N) is 2. The second kappa shape index (κ2) is 6.10. The van der Waals surface area contributed by atoms with Crippen molar-refractivity contribution in [2.24, 2.45) is 12.5 Å². The summed E-state index contributed by atoms with van der Waals surface area (Å²) in [4.78, 5) is 25.0. The van der Waals surface area contributed by atoms with Crippen molar-refractivity contribution in [1.82, 2.24) is 15.1 Å². The van der Waals surface area contributed by atoms with Crippen LogP contribution in [0.2, 0.25) is 0 Å². The van der Waals surface area contributed by atoms with Crippen molar-refractivity contribution in [1.29, 1.82) is 0 Å². The molecule has 2 N–H and O–H groups in total. The fourth-order valence-electron chi connectivity index (χ4n) is 3.06. The van der Waals surface area contributed by atoms with Crippen molar-refractivity contribution in [2.45, 2.75) is 58.4 Å². The molecule has 1 aliphatic rings. The second-order valence-corrected chi connectivity index (χ2v) is 7.32. The van der Waals surface area contributed by atoms with Crippen LogP contribution in [0, 0.1) is 5.41 Å². The van der Waals surface area contributed by atoms with Gasteiger partial charge in [-0.1, -0.05) is 12.8 Å². The Balaban J connectivity index is 2.07. The van der Waals surface area contributed by atoms with E-state index in [-0.39, 0.29) is 23.8 Å². The molecular formula is C16H26N4O2. The molecule has 22 heavy (non-hydrogen) atoms. The molecule has 1 aromatic heterocycles. The second-order valence-electron chi connectivity index (χ2n) is 7.32. The summed E-state index contributed by atoms with van der Waals surface area (Å²) in [5.74, 6) is -0.127. The van der Waals surface area contributed by atoms with Gasteiger partial charge < -0.3 is 10.6 Å². The number of amides is 2. The molecule has 0 spiro atoms. The third kappa shape index (κ3) is 4.08. The van der Waals surface area contributed by atoms with Gasteiger partial charge in [0.2, 0.25) is 11.8 Å². The Labute approximate surface area is 131 Å². The van der Waals surface area contributed by atoms with E-state index < -0.39 is 5.41 Å². The first-order valence-electron chi connectivity index (χ1n) is 7.81. The summed E-state index contributed by atoms with van der Waals surface area (Å²) in [5.41, 5.74) is -0.197. The van der Waals surface area contributed by atoms with E-state index in [9.17, 15) is 9.59 Å². The monoisotopic (exact) mass is 306 g/mol. The minimum Gasteiger partial charge on any atom is -0.351 e. The van der Waals surface area contributed by atoms with Crippen LogP contribution in [-0.2, 0) is 16.6 Å². The molecule has 122 valence electrons. The Hall–Kier alpha value is -1.85. The maximum Gasteiger partial charge on any atom is 0.231 e. The summed E-state index contributed by atoms with van der Waals surface area (Å²) in [5, 5.41) is 9.92. The van der Waals surface area contributed by atoms with Gasteiger partial charge in [-0.15, -0.1) is 0 Å². The number of carbonyl (C=O) groups is 2. The third-order valence-corrected chi connectivity index (χ3v) is 4.02. The van der Waals surface area contributed by atoms with E-state index in [1.54, 1.807) is 24.1 Å². The van der Waals surface area contributed by atoms with Gasteiger partial charge in [-0.25, -0.2) is 0 Å². The lowest BCUT2D eigenvalue weighted by molar-refractivity contribution is -0.133. The fraction of sp³-hybridized carbons (Fsp3) is 0.688. The van der Waals surface area contributed by atoms with E-state index in [4.69, 9.17) is 0 Å². The number of anilines is 1. The maximum atomic E-state index is 12.7. The van der Waals surface area contributed by atoms with Gasteiger partial charge >= 0.3 is 0 Å². The Morgan fingerprint density at radius 3 is 2.45 bits per heavy atom. The van der Waals surface area contributed by atoms with Crippen LogP contribution in [0.15, 0.2) is 12.4 Å². The molecule has 2 rings (SSSR count). The van der Waals surface area contributed by atoms with Crippen LogP contribution >= 0.6 is 0 Å². The van der Waals surface area contributed by atoms with Crippen LogP contribution in [0.5, 0.6) is 0 Å². The summed E-state index contributed by atoms with van der Waals surface area (Å²) in [6.45, 7) is 5.84. The molecular weight excluding hydrogens is 280 g/mol. The summed E-state index contributed by atoms with van der Waals surface area (Å²) < 4.78 is 1.64. The zero-order valence-electron chi connectivity index (χ0n) is 13.9. The first-order chi connectivity index (χ1) is 10.2. The molecule has 0 atom stereocenters. The van der Waals surface area contributed by atoms with E-state index in [2.05, 4.69) is 15.7 Å². The van der Waals surface area contributed by atoms with Gasteiger partial charge in [0, 0.05) is 25.2 Å². The van der Waals surface area contributed by atoms with E-state index in [0.717, 1.165) is 25.7 Å². The van der Waals surface area contributed by atoms with Gasteiger partial charge in [0.1, 0.15) is 0 Å². The molecule has 0 unspecified atom stereocenters. The Morgan fingerprint density at radius 2 is 1.95 bits per heavy atom. The lowest BCUT2D eigenvalue weighted by Gasteiger charge is -2.29. The normalized spacial score (nSPS) is 17.3. The van der Waals surface area contributed by atoms with Crippen molar-refractivity contribution in [3.8, 4) is 0 Å². The number of hydrogen-bond acceptors (Lipinski definition) is 3. The largest absolute Gasteiger partial charge is 0.351 e. The molecule has 1 aliphatic carbocycles. The predicted octanol–water partition coefficient (Wildman–Crippen LogP) is 2.22. The molecule has 1 saturated carbocycles. The van der Waals surface area contributed by atoms with E-state index in [1.807, 2.05) is 20.8 Å². The van der Waals surface area contributed by atoms with E-state index in [0.29, 0.717) is 5.69 Å². The third-order valence-electron chi connectivity index (χ3n) is 4.02. The molecule has 1 heterocycles. The molecule has 6 heteroatoms. The minimum atomic E-state index is -0.592. The van der Waals surface area contributed by atoms with Crippen molar-refractivity contribution in [2.75, 3.05) is 5.32 Å². The standard InChI is InChI=1S/C16H26N4O2/c1-15(2,3)19-13(21)9-16(7-5-6-8-16)14(22)18-12-10-17-20(4)11-12/h10-11H,5-9H2,1-4H3,(H,18,22)(H,19,21). The summed E-state index contributed by atoms with van der Waals surface area (Å²) in [7, 11) is 1.80. The van der Waals surface area contributed by atoms with Crippen LogP contribution in [0.3, 0.4) is 0 Å². The summed E-state index contributed by atoms with van der Waals surface area (Å²) in [6.07, 6.45) is 7.13. The van der Waals surface area contributed by atoms with E-state index >= 15 is 0 Å². The molecule has 2 amide bonds. The number of aromatic nitrogens is 2. The van der Waals surface area contributed by atoms with Crippen molar-refractivity contribution in [3.63, 3.8) is 0 Å². The summed E-state index contributed by atoms with van der Waals surface area (Å²) >= 11 is 0. The highest BCUT2D eigenvalue weighted by atomic mass is 16.2. The smallest absolute Gasteiger partial charge is 0.231 e. The lowest BCUT2D eigenvalue weighted by atomic mass is 9.81. The van der Waals surface area contributed by atoms with Crippen LogP contribution in [0.1, 0.15) is 52.9 Å². The number of carbonyl (C=O) groups excluding carboxylic acids is 2. The van der Waals surface area contributed by atoms with Gasteiger partial charge in [-0.05, 0) is 33.6 Å². The maximum absolute atomic E-state index is 12.7. The molecule has 0 bridgehead atoms. The Bertz CT molecular complexity index is 551. The topological polar surface area (TPSA) is 76.0 Å². The first kappa shape index (κ1) is 16.5. The SMILES string of the molecule is Cn1cc(NC(=O)C2(CC(=O)NC(C)(C)C)CCCC2)cn1. The molecule has 1 fully saturated rings. The average molecular weight is 306 g/mol. The highest BCUT2D eigenvalue weighted by Gasteiger charge is 2.43. The summed E-state index contributed by atoms with van der Waals surface area (Å²) in [6, 6.07) is 0. The number of aryl methyl sites for hydroxylation is 1. The average Bonchev–Trinajstić information content (AvgIpc) is 2.97. The van der Waals surface area contributed by atoms with Crippen molar-refractivity contribution in [3.05, 3.63) is 12.4 Å². The van der Waals surface area contributed by atoms with Gasteiger partial charge in [-0.3, -0.25) is 14.3 Å². The number of hydrogen-bond donors (Lipinski definition) is 2. The van der Waals surface area contributed by atoms with Gasteiger partial charge in [-0.2, -0.15) is 5.10 Å². The van der Waals surface area contributed by atoms with Gasteiger partial charge in [0.05, 0.1) is 17.3 Å².